The molecule has 1 atom stereocenters. The van der Waals surface area contributed by atoms with E-state index in [1.807, 2.05) is 23.6 Å². The van der Waals surface area contributed by atoms with Gasteiger partial charge in [-0.2, -0.15) is 0 Å². The first kappa shape index (κ1) is 10.4. The molecule has 0 saturated heterocycles. The van der Waals surface area contributed by atoms with Crippen LogP contribution >= 0.6 is 11.8 Å². The number of hydrogen-bond donors (Lipinski definition) is 1. The Hall–Kier alpha value is -0.730. The van der Waals surface area contributed by atoms with E-state index in [9.17, 15) is 0 Å². The molecule has 1 aromatic rings. The summed E-state index contributed by atoms with van der Waals surface area (Å²) >= 11 is 1.69. The normalized spacial score (nSPS) is 13.4. The number of hydrogen-bond acceptors (Lipinski definition) is 2. The lowest BCUT2D eigenvalue weighted by atomic mass is 10.2. The average Bonchev–Trinajstić information content (AvgIpc) is 2.14. The van der Waals surface area contributed by atoms with Gasteiger partial charge in [-0.1, -0.05) is 36.4 Å². The number of rotatable bonds is 4. The van der Waals surface area contributed by atoms with Crippen LogP contribution in [0.3, 0.4) is 0 Å². The second-order valence-electron chi connectivity index (χ2n) is 2.87. The average molecular weight is 194 g/mol. The van der Waals surface area contributed by atoms with Crippen molar-refractivity contribution in [3.05, 3.63) is 47.4 Å². The van der Waals surface area contributed by atoms with Gasteiger partial charge in [-0.15, -0.1) is 11.8 Å². The van der Waals surface area contributed by atoms with E-state index in [0.717, 1.165) is 5.75 Å². The molecular weight excluding hydrogens is 180 g/mol. The van der Waals surface area contributed by atoms with Crippen molar-refractivity contribution < 1.29 is 5.11 Å². The van der Waals surface area contributed by atoms with Crippen LogP contribution in [0.2, 0.25) is 0 Å². The van der Waals surface area contributed by atoms with Crippen molar-refractivity contribution in [2.75, 3.05) is 0 Å². The molecule has 0 heterocycles. The Morgan fingerprint density at radius 3 is 2.69 bits per heavy atom. The van der Waals surface area contributed by atoms with Crippen molar-refractivity contribution in [3.63, 3.8) is 0 Å². The Morgan fingerprint density at radius 1 is 1.38 bits per heavy atom. The zero-order valence-electron chi connectivity index (χ0n) is 7.68. The SMILES string of the molecule is C[C@H](O)C=CSCc1ccccc1. The van der Waals surface area contributed by atoms with Crippen LogP contribution in [0.25, 0.3) is 0 Å². The van der Waals surface area contributed by atoms with Gasteiger partial charge in [-0.05, 0) is 17.9 Å². The lowest BCUT2D eigenvalue weighted by Gasteiger charge is -1.97. The third kappa shape index (κ3) is 4.76. The number of thioether (sulfide) groups is 1. The van der Waals surface area contributed by atoms with Gasteiger partial charge in [0.15, 0.2) is 0 Å². The van der Waals surface area contributed by atoms with Gasteiger partial charge in [0.1, 0.15) is 0 Å². The summed E-state index contributed by atoms with van der Waals surface area (Å²) in [6, 6.07) is 10.3. The summed E-state index contributed by atoms with van der Waals surface area (Å²) in [6.07, 6.45) is 1.44. The highest BCUT2D eigenvalue weighted by Crippen LogP contribution is 2.12. The fraction of sp³-hybridized carbons (Fsp3) is 0.273. The summed E-state index contributed by atoms with van der Waals surface area (Å²) < 4.78 is 0. The zero-order valence-corrected chi connectivity index (χ0v) is 8.50. The summed E-state index contributed by atoms with van der Waals surface area (Å²) in [6.45, 7) is 1.75. The zero-order chi connectivity index (χ0) is 9.52. The standard InChI is InChI=1S/C11H14OS/c1-10(12)7-8-13-9-11-5-3-2-4-6-11/h2-8,10,12H,9H2,1H3/t10-/m0/s1. The van der Waals surface area contributed by atoms with Gasteiger partial charge in [0.2, 0.25) is 0 Å². The smallest absolute Gasteiger partial charge is 0.0700 e. The molecule has 0 fully saturated rings. The minimum absolute atomic E-state index is 0.344. The molecule has 1 N–H and O–H groups in total. The second-order valence-corrected chi connectivity index (χ2v) is 3.76. The molecule has 0 bridgehead atoms. The fourth-order valence-electron chi connectivity index (χ4n) is 0.888. The third-order valence-electron chi connectivity index (χ3n) is 1.55. The van der Waals surface area contributed by atoms with E-state index in [4.69, 9.17) is 5.11 Å². The summed E-state index contributed by atoms with van der Waals surface area (Å²) in [5.74, 6) is 0.962. The molecule has 0 amide bonds. The van der Waals surface area contributed by atoms with E-state index >= 15 is 0 Å². The van der Waals surface area contributed by atoms with Gasteiger partial charge in [-0.3, -0.25) is 0 Å². The van der Waals surface area contributed by atoms with Crippen LogP contribution in [0.1, 0.15) is 12.5 Å². The van der Waals surface area contributed by atoms with Crippen molar-refractivity contribution >= 4 is 11.8 Å². The summed E-state index contributed by atoms with van der Waals surface area (Å²) in [7, 11) is 0. The summed E-state index contributed by atoms with van der Waals surface area (Å²) in [4.78, 5) is 0. The van der Waals surface area contributed by atoms with Crippen molar-refractivity contribution in [2.24, 2.45) is 0 Å². The Bertz CT molecular complexity index is 254. The van der Waals surface area contributed by atoms with Crippen LogP contribution in [-0.4, -0.2) is 11.2 Å². The van der Waals surface area contributed by atoms with Crippen LogP contribution < -0.4 is 0 Å². The monoisotopic (exact) mass is 194 g/mol. The molecule has 0 spiro atoms. The van der Waals surface area contributed by atoms with Gasteiger partial charge >= 0.3 is 0 Å². The highest BCUT2D eigenvalue weighted by molar-refractivity contribution is 8.01. The molecule has 0 aliphatic heterocycles. The Balaban J connectivity index is 2.28. The predicted molar refractivity (Wildman–Crippen MR) is 58.6 cm³/mol. The predicted octanol–water partition coefficient (Wildman–Crippen LogP) is 2.81. The number of aliphatic hydroxyl groups is 1. The van der Waals surface area contributed by atoms with Crippen LogP contribution in [-0.2, 0) is 5.75 Å². The minimum Gasteiger partial charge on any atom is -0.389 e. The second kappa shape index (κ2) is 5.84. The van der Waals surface area contributed by atoms with Crippen LogP contribution in [0, 0.1) is 0 Å². The lowest BCUT2D eigenvalue weighted by molar-refractivity contribution is 0.244. The topological polar surface area (TPSA) is 20.2 Å². The van der Waals surface area contributed by atoms with Gasteiger partial charge in [0, 0.05) is 5.75 Å². The quantitative estimate of drug-likeness (QED) is 0.795. The molecule has 2 heteroatoms. The van der Waals surface area contributed by atoms with E-state index in [1.54, 1.807) is 24.8 Å². The minimum atomic E-state index is -0.344. The molecule has 1 rings (SSSR count). The van der Waals surface area contributed by atoms with Crippen molar-refractivity contribution in [1.82, 2.24) is 0 Å². The van der Waals surface area contributed by atoms with Crippen molar-refractivity contribution in [3.8, 4) is 0 Å². The molecule has 0 aromatic heterocycles. The molecule has 70 valence electrons. The fourth-order valence-corrected chi connectivity index (χ4v) is 1.71. The lowest BCUT2D eigenvalue weighted by Crippen LogP contribution is -1.90. The van der Waals surface area contributed by atoms with Crippen molar-refractivity contribution in [2.45, 2.75) is 18.8 Å². The highest BCUT2D eigenvalue weighted by atomic mass is 32.2. The first-order chi connectivity index (χ1) is 6.29. The van der Waals surface area contributed by atoms with Crippen LogP contribution in [0.4, 0.5) is 0 Å². The maximum Gasteiger partial charge on any atom is 0.0700 e. The first-order valence-corrected chi connectivity index (χ1v) is 5.34. The van der Waals surface area contributed by atoms with Crippen LogP contribution in [0.15, 0.2) is 41.8 Å². The molecule has 0 unspecified atom stereocenters. The van der Waals surface area contributed by atoms with E-state index in [2.05, 4.69) is 12.1 Å². The molecule has 1 aromatic carbocycles. The summed E-state index contributed by atoms with van der Waals surface area (Å²) in [5.41, 5.74) is 1.31. The van der Waals surface area contributed by atoms with Gasteiger partial charge in [0.25, 0.3) is 0 Å². The van der Waals surface area contributed by atoms with Crippen molar-refractivity contribution in [1.29, 1.82) is 0 Å². The van der Waals surface area contributed by atoms with E-state index in [0.29, 0.717) is 0 Å². The van der Waals surface area contributed by atoms with E-state index in [1.165, 1.54) is 5.56 Å². The number of benzene rings is 1. The maximum absolute atomic E-state index is 8.95. The Morgan fingerprint density at radius 2 is 2.08 bits per heavy atom. The van der Waals surface area contributed by atoms with E-state index in [-0.39, 0.29) is 6.10 Å². The Labute approximate surface area is 83.5 Å². The van der Waals surface area contributed by atoms with Gasteiger partial charge < -0.3 is 5.11 Å². The maximum atomic E-state index is 8.95. The largest absolute Gasteiger partial charge is 0.389 e. The van der Waals surface area contributed by atoms with Gasteiger partial charge in [0.05, 0.1) is 6.10 Å². The molecule has 0 saturated carbocycles. The molecular formula is C11H14OS. The highest BCUT2D eigenvalue weighted by Gasteiger charge is 1.89. The third-order valence-corrected chi connectivity index (χ3v) is 2.40. The Kier molecular flexibility index (Phi) is 4.65. The van der Waals surface area contributed by atoms with E-state index < -0.39 is 0 Å². The molecule has 0 aliphatic rings. The number of aliphatic hydroxyl groups excluding tert-OH is 1. The molecule has 1 nitrogen and oxygen atoms in total. The first-order valence-electron chi connectivity index (χ1n) is 4.29. The van der Waals surface area contributed by atoms with Crippen LogP contribution in [0.5, 0.6) is 0 Å². The summed E-state index contributed by atoms with van der Waals surface area (Å²) in [5, 5.41) is 10.9. The van der Waals surface area contributed by atoms with Gasteiger partial charge in [-0.25, -0.2) is 0 Å². The molecule has 0 radical (unpaired) electrons. The molecule has 0 aliphatic carbocycles. The molecule has 13 heavy (non-hydrogen) atoms.